The van der Waals surface area contributed by atoms with Crippen molar-refractivity contribution in [3.63, 3.8) is 0 Å². The molecular weight excluding hydrogens is 298 g/mol. The van der Waals surface area contributed by atoms with Crippen LogP contribution in [0.15, 0.2) is 22.7 Å². The van der Waals surface area contributed by atoms with Gasteiger partial charge in [-0.25, -0.2) is 0 Å². The lowest BCUT2D eigenvalue weighted by Crippen LogP contribution is -2.22. The normalized spacial score (nSPS) is 17.1. The van der Waals surface area contributed by atoms with Crippen LogP contribution in [0.25, 0.3) is 0 Å². The second kappa shape index (κ2) is 6.21. The van der Waals surface area contributed by atoms with E-state index in [1.807, 2.05) is 6.07 Å². The molecule has 0 aromatic heterocycles. The minimum atomic E-state index is 0.482. The number of halogens is 2. The van der Waals surface area contributed by atoms with Gasteiger partial charge in [0.2, 0.25) is 0 Å². The van der Waals surface area contributed by atoms with Crippen LogP contribution in [-0.4, -0.2) is 6.54 Å². The van der Waals surface area contributed by atoms with Gasteiger partial charge in [0.1, 0.15) is 0 Å². The van der Waals surface area contributed by atoms with Crippen molar-refractivity contribution in [3.05, 3.63) is 33.3 Å². The van der Waals surface area contributed by atoms with Crippen LogP contribution in [0, 0.1) is 5.92 Å². The van der Waals surface area contributed by atoms with Crippen LogP contribution in [0.2, 0.25) is 5.02 Å². The summed E-state index contributed by atoms with van der Waals surface area (Å²) in [4.78, 5) is 0. The Morgan fingerprint density at radius 2 is 2.24 bits per heavy atom. The summed E-state index contributed by atoms with van der Waals surface area (Å²) in [6.07, 6.45) is 5.24. The molecule has 1 aromatic carbocycles. The average Bonchev–Trinajstić information content (AvgIpc) is 3.12. The molecule has 0 radical (unpaired) electrons. The van der Waals surface area contributed by atoms with Crippen molar-refractivity contribution in [1.29, 1.82) is 0 Å². The molecule has 0 amide bonds. The molecule has 1 aromatic rings. The highest BCUT2D eigenvalue weighted by molar-refractivity contribution is 9.10. The summed E-state index contributed by atoms with van der Waals surface area (Å²) in [7, 11) is 0. The van der Waals surface area contributed by atoms with E-state index in [0.717, 1.165) is 22.0 Å². The smallest absolute Gasteiger partial charge is 0.0548 e. The van der Waals surface area contributed by atoms with Crippen LogP contribution in [0.1, 0.15) is 44.2 Å². The molecule has 0 heterocycles. The molecule has 94 valence electrons. The highest BCUT2D eigenvalue weighted by Gasteiger charge is 2.26. The number of hydrogen-bond acceptors (Lipinski definition) is 1. The number of rotatable bonds is 6. The molecule has 1 fully saturated rings. The van der Waals surface area contributed by atoms with E-state index in [9.17, 15) is 0 Å². The number of nitrogens with one attached hydrogen (secondary N) is 1. The zero-order chi connectivity index (χ0) is 12.3. The van der Waals surface area contributed by atoms with Gasteiger partial charge in [-0.2, -0.15) is 0 Å². The molecule has 2 rings (SSSR count). The number of benzene rings is 1. The van der Waals surface area contributed by atoms with E-state index in [2.05, 4.69) is 40.3 Å². The van der Waals surface area contributed by atoms with E-state index < -0.39 is 0 Å². The van der Waals surface area contributed by atoms with Crippen LogP contribution in [0.3, 0.4) is 0 Å². The summed E-state index contributed by atoms with van der Waals surface area (Å²) in [6.45, 7) is 3.29. The van der Waals surface area contributed by atoms with Crippen molar-refractivity contribution in [3.8, 4) is 0 Å². The van der Waals surface area contributed by atoms with Gasteiger partial charge >= 0.3 is 0 Å². The molecule has 1 aliphatic rings. The summed E-state index contributed by atoms with van der Waals surface area (Å²) in [5.41, 5.74) is 1.35. The van der Waals surface area contributed by atoms with Crippen molar-refractivity contribution in [1.82, 2.24) is 5.32 Å². The van der Waals surface area contributed by atoms with Gasteiger partial charge in [0.25, 0.3) is 0 Å². The molecule has 1 saturated carbocycles. The Balaban J connectivity index is 2.08. The molecule has 0 saturated heterocycles. The number of hydrogen-bond donors (Lipinski definition) is 1. The van der Waals surface area contributed by atoms with Gasteiger partial charge in [-0.3, -0.25) is 0 Å². The second-order valence-electron chi connectivity index (χ2n) is 4.86. The van der Waals surface area contributed by atoms with Gasteiger partial charge in [0.05, 0.1) is 5.02 Å². The maximum absolute atomic E-state index is 6.04. The first-order chi connectivity index (χ1) is 8.20. The van der Waals surface area contributed by atoms with E-state index in [1.165, 1.54) is 31.2 Å². The Bertz CT molecular complexity index is 376. The highest BCUT2D eigenvalue weighted by Crippen LogP contribution is 2.38. The van der Waals surface area contributed by atoms with Crippen molar-refractivity contribution in [2.75, 3.05) is 6.54 Å². The molecule has 1 atom stereocenters. The lowest BCUT2D eigenvalue weighted by molar-refractivity contribution is 0.474. The minimum absolute atomic E-state index is 0.482. The van der Waals surface area contributed by atoms with Gasteiger partial charge < -0.3 is 5.32 Å². The van der Waals surface area contributed by atoms with Gasteiger partial charge in [-0.1, -0.05) is 37.4 Å². The Morgan fingerprint density at radius 3 is 2.82 bits per heavy atom. The molecular formula is C14H19BrClN. The van der Waals surface area contributed by atoms with Crippen LogP contribution in [0.5, 0.6) is 0 Å². The summed E-state index contributed by atoms with van der Waals surface area (Å²) >= 11 is 9.55. The molecule has 0 bridgehead atoms. The average molecular weight is 317 g/mol. The summed E-state index contributed by atoms with van der Waals surface area (Å²) in [5.74, 6) is 0.929. The van der Waals surface area contributed by atoms with Gasteiger partial charge in [0.15, 0.2) is 0 Å². The predicted molar refractivity (Wildman–Crippen MR) is 77.5 cm³/mol. The first kappa shape index (κ1) is 13.4. The summed E-state index contributed by atoms with van der Waals surface area (Å²) in [5, 5.41) is 4.43. The largest absolute Gasteiger partial charge is 0.310 e. The minimum Gasteiger partial charge on any atom is -0.310 e. The van der Waals surface area contributed by atoms with Gasteiger partial charge in [-0.15, -0.1) is 0 Å². The molecule has 1 nitrogen and oxygen atoms in total. The fraction of sp³-hybridized carbons (Fsp3) is 0.571. The first-order valence-electron chi connectivity index (χ1n) is 6.39. The van der Waals surface area contributed by atoms with E-state index >= 15 is 0 Å². The standard InChI is InChI=1S/C14H19BrClN/c1-2-7-17-14(8-10-3-4-10)11-5-6-13(16)12(15)9-11/h5-6,9-10,14,17H,2-4,7-8H2,1H3. The highest BCUT2D eigenvalue weighted by atomic mass is 79.9. The van der Waals surface area contributed by atoms with Crippen LogP contribution in [-0.2, 0) is 0 Å². The van der Waals surface area contributed by atoms with Crippen molar-refractivity contribution >= 4 is 27.5 Å². The Hall–Kier alpha value is -0.0500. The predicted octanol–water partition coefficient (Wildman–Crippen LogP) is 4.94. The molecule has 0 spiro atoms. The molecule has 1 unspecified atom stereocenters. The third kappa shape index (κ3) is 3.97. The summed E-state index contributed by atoms with van der Waals surface area (Å²) in [6, 6.07) is 6.76. The fourth-order valence-corrected chi connectivity index (χ4v) is 2.59. The zero-order valence-electron chi connectivity index (χ0n) is 10.2. The summed E-state index contributed by atoms with van der Waals surface area (Å²) < 4.78 is 0.996. The molecule has 17 heavy (non-hydrogen) atoms. The lowest BCUT2D eigenvalue weighted by atomic mass is 10.0. The van der Waals surface area contributed by atoms with Crippen molar-refractivity contribution < 1.29 is 0 Å². The van der Waals surface area contributed by atoms with E-state index in [4.69, 9.17) is 11.6 Å². The van der Waals surface area contributed by atoms with Crippen molar-refractivity contribution in [2.45, 2.75) is 38.6 Å². The maximum Gasteiger partial charge on any atom is 0.0548 e. The molecule has 1 aliphatic carbocycles. The SMILES string of the molecule is CCCNC(CC1CC1)c1ccc(Cl)c(Br)c1. The van der Waals surface area contributed by atoms with Crippen molar-refractivity contribution in [2.24, 2.45) is 5.92 Å². The van der Waals surface area contributed by atoms with Crippen LogP contribution >= 0.6 is 27.5 Å². The van der Waals surface area contributed by atoms with Crippen LogP contribution in [0.4, 0.5) is 0 Å². The Morgan fingerprint density at radius 1 is 1.47 bits per heavy atom. The second-order valence-corrected chi connectivity index (χ2v) is 6.12. The molecule has 3 heteroatoms. The quantitative estimate of drug-likeness (QED) is 0.783. The Labute approximate surface area is 117 Å². The van der Waals surface area contributed by atoms with Gasteiger partial charge in [-0.05, 0) is 58.9 Å². The van der Waals surface area contributed by atoms with E-state index in [0.29, 0.717) is 6.04 Å². The monoisotopic (exact) mass is 315 g/mol. The van der Waals surface area contributed by atoms with Crippen LogP contribution < -0.4 is 5.32 Å². The van der Waals surface area contributed by atoms with E-state index in [-0.39, 0.29) is 0 Å². The lowest BCUT2D eigenvalue weighted by Gasteiger charge is -2.19. The third-order valence-corrected chi connectivity index (χ3v) is 4.47. The van der Waals surface area contributed by atoms with Gasteiger partial charge in [0, 0.05) is 10.5 Å². The Kier molecular flexibility index (Phi) is 4.89. The molecule has 1 N–H and O–H groups in total. The zero-order valence-corrected chi connectivity index (χ0v) is 12.5. The topological polar surface area (TPSA) is 12.0 Å². The van der Waals surface area contributed by atoms with E-state index in [1.54, 1.807) is 0 Å². The molecule has 0 aliphatic heterocycles. The first-order valence-corrected chi connectivity index (χ1v) is 7.56. The fourth-order valence-electron chi connectivity index (χ4n) is 2.07. The maximum atomic E-state index is 6.04. The third-order valence-electron chi connectivity index (χ3n) is 3.25.